The van der Waals surface area contributed by atoms with Crippen molar-refractivity contribution < 1.29 is 22.7 Å². The zero-order chi connectivity index (χ0) is 14.0. The number of hydrogen-bond donors (Lipinski definition) is 0. The number of aryl methyl sites for hydroxylation is 1. The van der Waals surface area contributed by atoms with Crippen molar-refractivity contribution in [2.24, 2.45) is 0 Å². The van der Waals surface area contributed by atoms with E-state index in [0.717, 1.165) is 17.7 Å². The highest BCUT2D eigenvalue weighted by molar-refractivity contribution is 7.12. The SMILES string of the molecule is Cc1ccsc1C(=O)c1cccc(OC(F)(F)F)c1. The summed E-state index contributed by atoms with van der Waals surface area (Å²) < 4.78 is 40.1. The van der Waals surface area contributed by atoms with Crippen molar-refractivity contribution in [2.45, 2.75) is 13.3 Å². The van der Waals surface area contributed by atoms with Gasteiger partial charge in [-0.2, -0.15) is 0 Å². The molecule has 1 aromatic carbocycles. The van der Waals surface area contributed by atoms with Crippen LogP contribution in [-0.4, -0.2) is 12.1 Å². The Kier molecular flexibility index (Phi) is 3.61. The fraction of sp³-hybridized carbons (Fsp3) is 0.154. The Labute approximate surface area is 111 Å². The summed E-state index contributed by atoms with van der Waals surface area (Å²) in [5.74, 6) is -0.701. The van der Waals surface area contributed by atoms with Crippen LogP contribution in [0.3, 0.4) is 0 Å². The molecular weight excluding hydrogens is 277 g/mol. The molecule has 0 aliphatic rings. The second kappa shape index (κ2) is 5.05. The molecule has 0 amide bonds. The van der Waals surface area contributed by atoms with Gasteiger partial charge in [0.1, 0.15) is 5.75 Å². The van der Waals surface area contributed by atoms with Gasteiger partial charge in [0.05, 0.1) is 4.88 Å². The molecule has 0 aliphatic carbocycles. The van der Waals surface area contributed by atoms with Crippen LogP contribution < -0.4 is 4.74 Å². The Balaban J connectivity index is 2.29. The summed E-state index contributed by atoms with van der Waals surface area (Å²) in [6.45, 7) is 1.78. The van der Waals surface area contributed by atoms with Crippen molar-refractivity contribution in [3.8, 4) is 5.75 Å². The van der Waals surface area contributed by atoms with Crippen LogP contribution in [0.15, 0.2) is 35.7 Å². The summed E-state index contributed by atoms with van der Waals surface area (Å²) in [6.07, 6.45) is -4.76. The molecule has 6 heteroatoms. The highest BCUT2D eigenvalue weighted by Gasteiger charge is 2.31. The molecule has 0 atom stereocenters. The van der Waals surface area contributed by atoms with Gasteiger partial charge in [-0.15, -0.1) is 24.5 Å². The molecule has 0 fully saturated rings. The lowest BCUT2D eigenvalue weighted by Crippen LogP contribution is -2.17. The maximum atomic E-state index is 12.1. The van der Waals surface area contributed by atoms with Crippen LogP contribution in [0.2, 0.25) is 0 Å². The van der Waals surface area contributed by atoms with Gasteiger partial charge in [-0.05, 0) is 36.1 Å². The van der Waals surface area contributed by atoms with Crippen LogP contribution >= 0.6 is 11.3 Å². The first-order valence-corrected chi connectivity index (χ1v) is 6.19. The Morgan fingerprint density at radius 1 is 1.26 bits per heavy atom. The molecule has 1 heterocycles. The van der Waals surface area contributed by atoms with Gasteiger partial charge < -0.3 is 4.74 Å². The normalized spacial score (nSPS) is 11.4. The summed E-state index contributed by atoms with van der Waals surface area (Å²) >= 11 is 1.26. The molecule has 2 aromatic rings. The number of hydrogen-bond acceptors (Lipinski definition) is 3. The average Bonchev–Trinajstić information content (AvgIpc) is 2.72. The van der Waals surface area contributed by atoms with Gasteiger partial charge in [0, 0.05) is 5.56 Å². The number of alkyl halides is 3. The lowest BCUT2D eigenvalue weighted by atomic mass is 10.1. The first-order valence-electron chi connectivity index (χ1n) is 5.31. The van der Waals surface area contributed by atoms with E-state index in [2.05, 4.69) is 4.74 Å². The van der Waals surface area contributed by atoms with Crippen LogP contribution in [0.5, 0.6) is 5.75 Å². The monoisotopic (exact) mass is 286 g/mol. The van der Waals surface area contributed by atoms with Gasteiger partial charge in [0.2, 0.25) is 5.78 Å². The molecule has 0 saturated carbocycles. The summed E-state index contributed by atoms with van der Waals surface area (Å²) in [5, 5.41) is 1.76. The largest absolute Gasteiger partial charge is 0.573 e. The van der Waals surface area contributed by atoms with Crippen LogP contribution in [0.1, 0.15) is 20.8 Å². The number of thiophene rings is 1. The first-order chi connectivity index (χ1) is 8.87. The first kappa shape index (κ1) is 13.6. The molecule has 0 bridgehead atoms. The summed E-state index contributed by atoms with van der Waals surface area (Å²) in [4.78, 5) is 12.6. The standard InChI is InChI=1S/C13H9F3O2S/c1-8-5-6-19-12(8)11(17)9-3-2-4-10(7-9)18-13(14,15)16/h2-7H,1H3. The second-order valence-corrected chi connectivity index (χ2v) is 4.75. The number of benzene rings is 1. The molecule has 0 spiro atoms. The maximum absolute atomic E-state index is 12.1. The van der Waals surface area contributed by atoms with E-state index in [4.69, 9.17) is 0 Å². The van der Waals surface area contributed by atoms with Gasteiger partial charge in [-0.1, -0.05) is 12.1 Å². The molecule has 2 nitrogen and oxygen atoms in total. The third kappa shape index (κ3) is 3.35. The number of halogens is 3. The molecule has 0 saturated heterocycles. The van der Waals surface area contributed by atoms with Gasteiger partial charge in [0.25, 0.3) is 0 Å². The lowest BCUT2D eigenvalue weighted by molar-refractivity contribution is -0.274. The molecule has 19 heavy (non-hydrogen) atoms. The van der Waals surface area contributed by atoms with Crippen molar-refractivity contribution >= 4 is 17.1 Å². The summed E-state index contributed by atoms with van der Waals surface area (Å²) in [7, 11) is 0. The van der Waals surface area contributed by atoms with E-state index < -0.39 is 12.1 Å². The second-order valence-electron chi connectivity index (χ2n) is 3.84. The molecule has 0 aliphatic heterocycles. The predicted octanol–water partition coefficient (Wildman–Crippen LogP) is 4.19. The van der Waals surface area contributed by atoms with E-state index in [-0.39, 0.29) is 11.3 Å². The minimum Gasteiger partial charge on any atom is -0.406 e. The van der Waals surface area contributed by atoms with Crippen molar-refractivity contribution in [1.82, 2.24) is 0 Å². The van der Waals surface area contributed by atoms with Gasteiger partial charge >= 0.3 is 6.36 Å². The quantitative estimate of drug-likeness (QED) is 0.791. The van der Waals surface area contributed by atoms with Gasteiger partial charge in [0.15, 0.2) is 0 Å². The van der Waals surface area contributed by atoms with E-state index in [0.29, 0.717) is 4.88 Å². The molecular formula is C13H9F3O2S. The Morgan fingerprint density at radius 2 is 2.00 bits per heavy atom. The highest BCUT2D eigenvalue weighted by atomic mass is 32.1. The van der Waals surface area contributed by atoms with Crippen LogP contribution in [-0.2, 0) is 0 Å². The van der Waals surface area contributed by atoms with Crippen molar-refractivity contribution in [1.29, 1.82) is 0 Å². The number of rotatable bonds is 3. The molecule has 0 unspecified atom stereocenters. The molecule has 0 radical (unpaired) electrons. The molecule has 1 aromatic heterocycles. The lowest BCUT2D eigenvalue weighted by Gasteiger charge is -2.09. The number of ether oxygens (including phenoxy) is 1. The summed E-state index contributed by atoms with van der Waals surface area (Å²) in [5.41, 5.74) is 0.976. The van der Waals surface area contributed by atoms with Crippen molar-refractivity contribution in [2.75, 3.05) is 0 Å². The zero-order valence-electron chi connectivity index (χ0n) is 9.82. The minimum atomic E-state index is -4.76. The topological polar surface area (TPSA) is 26.3 Å². The Hall–Kier alpha value is -1.82. The average molecular weight is 286 g/mol. The Morgan fingerprint density at radius 3 is 2.58 bits per heavy atom. The molecule has 2 rings (SSSR count). The number of ketones is 1. The van der Waals surface area contributed by atoms with E-state index >= 15 is 0 Å². The highest BCUT2D eigenvalue weighted by Crippen LogP contribution is 2.26. The number of carbonyl (C=O) groups excluding carboxylic acids is 1. The van der Waals surface area contributed by atoms with Crippen LogP contribution in [0.25, 0.3) is 0 Å². The van der Waals surface area contributed by atoms with Gasteiger partial charge in [-0.3, -0.25) is 4.79 Å². The minimum absolute atomic E-state index is 0.173. The van der Waals surface area contributed by atoms with E-state index in [1.807, 2.05) is 0 Å². The van der Waals surface area contributed by atoms with Crippen molar-refractivity contribution in [3.63, 3.8) is 0 Å². The molecule has 0 N–H and O–H groups in total. The predicted molar refractivity (Wildman–Crippen MR) is 65.6 cm³/mol. The zero-order valence-corrected chi connectivity index (χ0v) is 10.6. The van der Waals surface area contributed by atoms with Crippen molar-refractivity contribution in [3.05, 3.63) is 51.7 Å². The van der Waals surface area contributed by atoms with E-state index in [1.165, 1.54) is 23.5 Å². The van der Waals surface area contributed by atoms with E-state index in [1.54, 1.807) is 18.4 Å². The number of carbonyl (C=O) groups is 1. The third-order valence-electron chi connectivity index (χ3n) is 2.40. The molecule has 100 valence electrons. The third-order valence-corrected chi connectivity index (χ3v) is 3.41. The fourth-order valence-electron chi connectivity index (χ4n) is 1.57. The smallest absolute Gasteiger partial charge is 0.406 e. The maximum Gasteiger partial charge on any atom is 0.573 e. The Bertz CT molecular complexity index is 602. The van der Waals surface area contributed by atoms with Crippen LogP contribution in [0.4, 0.5) is 13.2 Å². The van der Waals surface area contributed by atoms with Crippen LogP contribution in [0, 0.1) is 6.92 Å². The summed E-state index contributed by atoms with van der Waals surface area (Å²) in [6, 6.07) is 6.86. The fourth-order valence-corrected chi connectivity index (χ4v) is 2.46. The van der Waals surface area contributed by atoms with Gasteiger partial charge in [-0.25, -0.2) is 0 Å². The van der Waals surface area contributed by atoms with E-state index in [9.17, 15) is 18.0 Å².